The lowest BCUT2D eigenvalue weighted by Crippen LogP contribution is -2.18. The molecule has 1 amide bonds. The number of carbonyl (C=O) groups is 2. The third-order valence-electron chi connectivity index (χ3n) is 4.32. The molecule has 150 valence electrons. The van der Waals surface area contributed by atoms with Crippen LogP contribution in [0.3, 0.4) is 0 Å². The molecule has 1 aromatic carbocycles. The van der Waals surface area contributed by atoms with E-state index in [-0.39, 0.29) is 23.6 Å². The Morgan fingerprint density at radius 2 is 2.07 bits per heavy atom. The second-order valence-corrected chi connectivity index (χ2v) is 6.43. The molecule has 0 radical (unpaired) electrons. The molecule has 29 heavy (non-hydrogen) atoms. The Labute approximate surface area is 168 Å². The lowest BCUT2D eigenvalue weighted by Gasteiger charge is -2.13. The molecule has 0 unspecified atom stereocenters. The number of amides is 1. The fourth-order valence-corrected chi connectivity index (χ4v) is 2.86. The van der Waals surface area contributed by atoms with E-state index in [0.717, 1.165) is 10.9 Å². The van der Waals surface area contributed by atoms with Crippen LogP contribution in [0.4, 0.5) is 5.82 Å². The van der Waals surface area contributed by atoms with E-state index in [4.69, 9.17) is 9.47 Å². The summed E-state index contributed by atoms with van der Waals surface area (Å²) in [4.78, 5) is 29.3. The number of anilines is 1. The summed E-state index contributed by atoms with van der Waals surface area (Å²) in [5, 5.41) is 7.89. The number of rotatable bonds is 6. The molecule has 0 spiro atoms. The molecule has 8 heteroatoms. The number of hydrogen-bond acceptors (Lipinski definition) is 6. The van der Waals surface area contributed by atoms with Crippen LogP contribution in [-0.4, -0.2) is 40.4 Å². The zero-order valence-corrected chi connectivity index (χ0v) is 16.8. The van der Waals surface area contributed by atoms with Gasteiger partial charge in [0.1, 0.15) is 16.8 Å². The Bertz CT molecular complexity index is 1120. The monoisotopic (exact) mass is 394 g/mol. The van der Waals surface area contributed by atoms with Gasteiger partial charge < -0.3 is 14.8 Å². The molecule has 0 saturated heterocycles. The van der Waals surface area contributed by atoms with Crippen LogP contribution >= 0.6 is 0 Å². The van der Waals surface area contributed by atoms with Crippen molar-refractivity contribution in [1.29, 1.82) is 0 Å². The Morgan fingerprint density at radius 3 is 2.72 bits per heavy atom. The number of hydrogen-bond donors (Lipinski definition) is 1. The second-order valence-electron chi connectivity index (χ2n) is 6.43. The third kappa shape index (κ3) is 3.82. The van der Waals surface area contributed by atoms with Crippen molar-refractivity contribution in [3.63, 3.8) is 0 Å². The molecular weight excluding hydrogens is 372 g/mol. The van der Waals surface area contributed by atoms with Crippen LogP contribution in [0, 0.1) is 6.92 Å². The average molecular weight is 394 g/mol. The van der Waals surface area contributed by atoms with E-state index in [1.54, 1.807) is 21.0 Å². The van der Waals surface area contributed by atoms with Crippen molar-refractivity contribution in [1.82, 2.24) is 14.8 Å². The Kier molecular flexibility index (Phi) is 5.63. The van der Waals surface area contributed by atoms with Crippen molar-refractivity contribution < 1.29 is 19.1 Å². The number of ether oxygens (including phenoxy) is 2. The second kappa shape index (κ2) is 8.14. The van der Waals surface area contributed by atoms with Gasteiger partial charge in [-0.05, 0) is 38.5 Å². The molecule has 2 aromatic heterocycles. The minimum Gasteiger partial charge on any atom is -0.494 e. The van der Waals surface area contributed by atoms with Gasteiger partial charge >= 0.3 is 5.97 Å². The minimum atomic E-state index is -0.592. The van der Waals surface area contributed by atoms with Crippen molar-refractivity contribution in [2.24, 2.45) is 0 Å². The van der Waals surface area contributed by atoms with E-state index in [0.29, 0.717) is 17.1 Å². The van der Waals surface area contributed by atoms with Gasteiger partial charge in [0.05, 0.1) is 19.9 Å². The summed E-state index contributed by atoms with van der Waals surface area (Å²) in [6.45, 7) is 9.05. The first-order chi connectivity index (χ1) is 13.9. The summed E-state index contributed by atoms with van der Waals surface area (Å²) in [5.74, 6) is 0.167. The van der Waals surface area contributed by atoms with Gasteiger partial charge in [-0.1, -0.05) is 18.7 Å². The van der Waals surface area contributed by atoms with Crippen LogP contribution in [-0.2, 0) is 9.53 Å². The van der Waals surface area contributed by atoms with E-state index in [1.807, 2.05) is 31.2 Å². The molecule has 0 bridgehead atoms. The Balaban J connectivity index is 2.21. The number of nitrogens with zero attached hydrogens (tertiary/aromatic N) is 3. The average Bonchev–Trinajstić information content (AvgIpc) is 3.11. The molecule has 3 rings (SSSR count). The minimum absolute atomic E-state index is 0.126. The van der Waals surface area contributed by atoms with Gasteiger partial charge in [-0.15, -0.1) is 0 Å². The molecule has 0 saturated carbocycles. The van der Waals surface area contributed by atoms with Crippen LogP contribution < -0.4 is 10.1 Å². The van der Waals surface area contributed by atoms with Crippen LogP contribution in [0.5, 0.6) is 5.75 Å². The summed E-state index contributed by atoms with van der Waals surface area (Å²) in [7, 11) is 1.57. The number of aryl methyl sites for hydroxylation is 1. The fourth-order valence-electron chi connectivity index (χ4n) is 2.86. The van der Waals surface area contributed by atoms with Crippen LogP contribution in [0.15, 0.2) is 42.6 Å². The molecule has 8 nitrogen and oxygen atoms in total. The fraction of sp³-hybridized carbons (Fsp3) is 0.238. The van der Waals surface area contributed by atoms with E-state index < -0.39 is 11.9 Å². The van der Waals surface area contributed by atoms with Crippen molar-refractivity contribution in [2.45, 2.75) is 20.8 Å². The molecule has 0 aliphatic carbocycles. The van der Waals surface area contributed by atoms with Gasteiger partial charge in [-0.3, -0.25) is 4.79 Å². The topological polar surface area (TPSA) is 95.3 Å². The summed E-state index contributed by atoms with van der Waals surface area (Å²) in [5.41, 5.74) is 2.00. The number of para-hydroxylation sites is 1. The van der Waals surface area contributed by atoms with Gasteiger partial charge in [0.25, 0.3) is 5.91 Å². The number of benzene rings is 1. The van der Waals surface area contributed by atoms with Crippen molar-refractivity contribution in [2.75, 3.05) is 19.0 Å². The highest BCUT2D eigenvalue weighted by Gasteiger charge is 2.23. The molecule has 0 aliphatic rings. The highest BCUT2D eigenvalue weighted by molar-refractivity contribution is 6.06. The van der Waals surface area contributed by atoms with E-state index in [1.165, 1.54) is 10.9 Å². The summed E-state index contributed by atoms with van der Waals surface area (Å²) in [6.07, 6.45) is 1.34. The molecular formula is C21H22N4O4. The molecule has 0 atom stereocenters. The number of esters is 1. The number of nitrogens with one attached hydrogen (secondary N) is 1. The molecule has 0 fully saturated rings. The van der Waals surface area contributed by atoms with E-state index >= 15 is 0 Å². The van der Waals surface area contributed by atoms with Gasteiger partial charge in [-0.25, -0.2) is 9.78 Å². The predicted molar refractivity (Wildman–Crippen MR) is 110 cm³/mol. The van der Waals surface area contributed by atoms with Gasteiger partial charge in [0, 0.05) is 11.0 Å². The smallest absolute Gasteiger partial charge is 0.343 e. The zero-order valence-electron chi connectivity index (χ0n) is 16.8. The largest absolute Gasteiger partial charge is 0.494 e. The third-order valence-corrected chi connectivity index (χ3v) is 4.32. The number of methoxy groups -OCH3 is 1. The maximum absolute atomic E-state index is 12.4. The molecule has 0 aliphatic heterocycles. The normalized spacial score (nSPS) is 10.6. The first kappa shape index (κ1) is 20.1. The predicted octanol–water partition coefficient (Wildman–Crippen LogP) is 3.43. The van der Waals surface area contributed by atoms with Crippen LogP contribution in [0.1, 0.15) is 29.8 Å². The van der Waals surface area contributed by atoms with Crippen molar-refractivity contribution in [3.8, 4) is 11.6 Å². The van der Waals surface area contributed by atoms with E-state index in [2.05, 4.69) is 22.0 Å². The number of pyridine rings is 1. The Morgan fingerprint density at radius 1 is 1.31 bits per heavy atom. The van der Waals surface area contributed by atoms with Gasteiger partial charge in [0.15, 0.2) is 11.6 Å². The quantitative estimate of drug-likeness (QED) is 0.508. The van der Waals surface area contributed by atoms with Crippen LogP contribution in [0.2, 0.25) is 0 Å². The van der Waals surface area contributed by atoms with Gasteiger partial charge in [-0.2, -0.15) is 9.78 Å². The van der Waals surface area contributed by atoms with Gasteiger partial charge in [0.2, 0.25) is 0 Å². The highest BCUT2D eigenvalue weighted by atomic mass is 16.5. The molecule has 3 aromatic rings. The Hall–Kier alpha value is -3.68. The summed E-state index contributed by atoms with van der Waals surface area (Å²) in [6, 6.07) is 7.47. The first-order valence-electron chi connectivity index (χ1n) is 9.04. The maximum atomic E-state index is 12.4. The molecule has 1 N–H and O–H groups in total. The summed E-state index contributed by atoms with van der Waals surface area (Å²) >= 11 is 0. The zero-order chi connectivity index (χ0) is 21.1. The highest BCUT2D eigenvalue weighted by Crippen LogP contribution is 2.29. The number of fused-ring (bicyclic) bond motifs is 1. The molecule has 2 heterocycles. The van der Waals surface area contributed by atoms with Crippen molar-refractivity contribution >= 4 is 28.6 Å². The first-order valence-corrected chi connectivity index (χ1v) is 9.04. The standard InChI is InChI=1S/C21H22N4O4/c1-6-29-21(27)15-11-22-25(19(15)24-20(26)12(2)3)17-10-13(4)14-8-7-9-16(28-5)18(14)23-17/h7-11H,2,6H2,1,3-5H3,(H,24,26). The van der Waals surface area contributed by atoms with Crippen LogP contribution in [0.25, 0.3) is 16.7 Å². The van der Waals surface area contributed by atoms with Crippen molar-refractivity contribution in [3.05, 3.63) is 53.7 Å². The maximum Gasteiger partial charge on any atom is 0.343 e. The lowest BCUT2D eigenvalue weighted by atomic mass is 10.1. The van der Waals surface area contributed by atoms with E-state index in [9.17, 15) is 9.59 Å². The number of aromatic nitrogens is 3. The SMILES string of the molecule is C=C(C)C(=O)Nc1c(C(=O)OCC)cnn1-c1cc(C)c2cccc(OC)c2n1. The lowest BCUT2D eigenvalue weighted by molar-refractivity contribution is -0.112. The number of carbonyl (C=O) groups excluding carboxylic acids is 2. The summed E-state index contributed by atoms with van der Waals surface area (Å²) < 4.78 is 11.9.